The average Bonchev–Trinajstić information content (AvgIpc) is 3.14. The van der Waals surface area contributed by atoms with E-state index in [0.29, 0.717) is 16.2 Å². The molecule has 1 saturated carbocycles. The highest BCUT2D eigenvalue weighted by atomic mass is 35.5. The van der Waals surface area contributed by atoms with E-state index in [9.17, 15) is 0 Å². The Labute approximate surface area is 117 Å². The van der Waals surface area contributed by atoms with Crippen LogP contribution in [0.2, 0.25) is 0 Å². The number of nitrogens with zero attached hydrogens (tertiary/aromatic N) is 1. The van der Waals surface area contributed by atoms with E-state index in [0.717, 1.165) is 5.56 Å². The van der Waals surface area contributed by atoms with Crippen LogP contribution in [0.1, 0.15) is 18.4 Å². The van der Waals surface area contributed by atoms with Gasteiger partial charge < -0.3 is 5.32 Å². The van der Waals surface area contributed by atoms with E-state index in [1.54, 1.807) is 0 Å². The van der Waals surface area contributed by atoms with Crippen molar-refractivity contribution in [3.63, 3.8) is 0 Å². The number of halogens is 1. The summed E-state index contributed by atoms with van der Waals surface area (Å²) in [5.74, 6) is 0. The number of allylic oxidation sites excluding steroid dienone is 1. The van der Waals surface area contributed by atoms with E-state index in [4.69, 9.17) is 23.8 Å². The molecule has 94 valence electrons. The minimum atomic E-state index is 0.524. The summed E-state index contributed by atoms with van der Waals surface area (Å²) in [6.07, 6.45) is 5.74. The van der Waals surface area contributed by atoms with Crippen LogP contribution in [0.3, 0.4) is 0 Å². The zero-order chi connectivity index (χ0) is 12.8. The second-order valence-corrected chi connectivity index (χ2v) is 4.90. The Hall–Kier alpha value is -1.39. The van der Waals surface area contributed by atoms with Gasteiger partial charge in [-0.15, -0.1) is 0 Å². The molecular weight excluding hydrogens is 266 g/mol. The van der Waals surface area contributed by atoms with Gasteiger partial charge in [-0.1, -0.05) is 41.9 Å². The summed E-state index contributed by atoms with van der Waals surface area (Å²) >= 11 is 11.1. The van der Waals surface area contributed by atoms with Crippen LogP contribution in [0.15, 0.2) is 40.5 Å². The van der Waals surface area contributed by atoms with E-state index in [2.05, 4.69) is 15.8 Å². The molecule has 2 N–H and O–H groups in total. The molecule has 0 aromatic heterocycles. The van der Waals surface area contributed by atoms with Gasteiger partial charge in [-0.05, 0) is 36.7 Å². The quantitative estimate of drug-likeness (QED) is 0.505. The van der Waals surface area contributed by atoms with Crippen molar-refractivity contribution in [3.8, 4) is 0 Å². The first-order valence-corrected chi connectivity index (χ1v) is 6.54. The van der Waals surface area contributed by atoms with Gasteiger partial charge >= 0.3 is 0 Å². The van der Waals surface area contributed by atoms with Crippen LogP contribution in [-0.2, 0) is 0 Å². The van der Waals surface area contributed by atoms with Crippen LogP contribution in [-0.4, -0.2) is 17.4 Å². The van der Waals surface area contributed by atoms with Gasteiger partial charge in [0.2, 0.25) is 0 Å². The van der Waals surface area contributed by atoms with Gasteiger partial charge in [-0.2, -0.15) is 5.10 Å². The first-order chi connectivity index (χ1) is 8.74. The smallest absolute Gasteiger partial charge is 0.187 e. The predicted molar refractivity (Wildman–Crippen MR) is 80.7 cm³/mol. The van der Waals surface area contributed by atoms with Crippen molar-refractivity contribution < 1.29 is 0 Å². The Morgan fingerprint density at radius 2 is 2.06 bits per heavy atom. The van der Waals surface area contributed by atoms with E-state index >= 15 is 0 Å². The maximum atomic E-state index is 6.03. The van der Waals surface area contributed by atoms with Gasteiger partial charge in [0, 0.05) is 6.04 Å². The van der Waals surface area contributed by atoms with Crippen molar-refractivity contribution in [1.82, 2.24) is 10.7 Å². The molecule has 0 radical (unpaired) electrons. The first-order valence-electron chi connectivity index (χ1n) is 5.76. The third-order valence-corrected chi connectivity index (χ3v) is 2.79. The van der Waals surface area contributed by atoms with E-state index in [1.165, 1.54) is 19.1 Å². The van der Waals surface area contributed by atoms with Gasteiger partial charge in [-0.3, -0.25) is 5.43 Å². The number of hydrogen-bond donors (Lipinski definition) is 2. The fourth-order valence-corrected chi connectivity index (χ4v) is 1.74. The standard InChI is InChI=1S/C13H14ClN3S/c14-11(8-10-4-2-1-3-5-10)9-15-17-13(18)16-12-6-7-12/h1-5,8-9,12H,6-7H2,(H2,16,17,18)/b11-8+,15-9+. The summed E-state index contributed by atoms with van der Waals surface area (Å²) in [5.41, 5.74) is 3.77. The topological polar surface area (TPSA) is 36.4 Å². The van der Waals surface area contributed by atoms with Crippen molar-refractivity contribution in [2.45, 2.75) is 18.9 Å². The second-order valence-electron chi connectivity index (χ2n) is 4.06. The highest BCUT2D eigenvalue weighted by Gasteiger charge is 2.21. The lowest BCUT2D eigenvalue weighted by Crippen LogP contribution is -2.33. The molecule has 18 heavy (non-hydrogen) atoms. The number of nitrogens with one attached hydrogen (secondary N) is 2. The minimum Gasteiger partial charge on any atom is -0.359 e. The molecule has 2 rings (SSSR count). The molecule has 1 fully saturated rings. The monoisotopic (exact) mass is 279 g/mol. The predicted octanol–water partition coefficient (Wildman–Crippen LogP) is 2.88. The van der Waals surface area contributed by atoms with Crippen molar-refractivity contribution in [3.05, 3.63) is 40.9 Å². The van der Waals surface area contributed by atoms with Gasteiger partial charge in [0.25, 0.3) is 0 Å². The molecule has 5 heteroatoms. The number of hydrazone groups is 1. The molecule has 0 saturated heterocycles. The summed E-state index contributed by atoms with van der Waals surface area (Å²) in [6, 6.07) is 10.4. The molecule has 0 spiro atoms. The van der Waals surface area contributed by atoms with Crippen LogP contribution in [0.25, 0.3) is 6.08 Å². The molecule has 0 amide bonds. The Balaban J connectivity index is 1.80. The van der Waals surface area contributed by atoms with Gasteiger partial charge in [0.15, 0.2) is 5.11 Å². The SMILES string of the molecule is S=C(N/N=C/C(Cl)=C\c1ccccc1)NC1CC1. The van der Waals surface area contributed by atoms with Crippen LogP contribution in [0.4, 0.5) is 0 Å². The van der Waals surface area contributed by atoms with Crippen molar-refractivity contribution in [1.29, 1.82) is 0 Å². The largest absolute Gasteiger partial charge is 0.359 e. The van der Waals surface area contributed by atoms with Crippen LogP contribution >= 0.6 is 23.8 Å². The zero-order valence-electron chi connectivity index (χ0n) is 9.77. The molecular formula is C13H14ClN3S. The van der Waals surface area contributed by atoms with Crippen LogP contribution < -0.4 is 10.7 Å². The molecule has 3 nitrogen and oxygen atoms in total. The molecule has 0 atom stereocenters. The Kier molecular flexibility index (Phi) is 4.73. The van der Waals surface area contributed by atoms with Crippen LogP contribution in [0, 0.1) is 0 Å². The third-order valence-electron chi connectivity index (χ3n) is 2.37. The Morgan fingerprint density at radius 3 is 2.72 bits per heavy atom. The minimum absolute atomic E-state index is 0.524. The molecule has 1 aliphatic carbocycles. The fourth-order valence-electron chi connectivity index (χ4n) is 1.34. The Bertz CT molecular complexity index is 466. The lowest BCUT2D eigenvalue weighted by atomic mass is 10.2. The average molecular weight is 280 g/mol. The maximum Gasteiger partial charge on any atom is 0.187 e. The lowest BCUT2D eigenvalue weighted by molar-refractivity contribution is 0.863. The normalized spacial score (nSPS) is 15.7. The summed E-state index contributed by atoms with van der Waals surface area (Å²) < 4.78 is 0. The number of thiocarbonyl (C=S) groups is 1. The van der Waals surface area contributed by atoms with Gasteiger partial charge in [0.05, 0.1) is 11.2 Å². The molecule has 1 aliphatic rings. The molecule has 1 aromatic carbocycles. The number of hydrogen-bond acceptors (Lipinski definition) is 2. The maximum absolute atomic E-state index is 6.03. The highest BCUT2D eigenvalue weighted by molar-refractivity contribution is 7.80. The van der Waals surface area contributed by atoms with E-state index < -0.39 is 0 Å². The Morgan fingerprint density at radius 1 is 1.33 bits per heavy atom. The molecule has 1 aromatic rings. The molecule has 0 unspecified atom stereocenters. The van der Waals surface area contributed by atoms with Gasteiger partial charge in [0.1, 0.15) is 0 Å². The van der Waals surface area contributed by atoms with Crippen molar-refractivity contribution in [2.24, 2.45) is 5.10 Å². The summed E-state index contributed by atoms with van der Waals surface area (Å²) in [7, 11) is 0. The lowest BCUT2D eigenvalue weighted by Gasteiger charge is -2.03. The van der Waals surface area contributed by atoms with Gasteiger partial charge in [-0.25, -0.2) is 0 Å². The van der Waals surface area contributed by atoms with Crippen molar-refractivity contribution >= 4 is 41.2 Å². The summed E-state index contributed by atoms with van der Waals surface area (Å²) in [5, 5.41) is 8.17. The summed E-state index contributed by atoms with van der Waals surface area (Å²) in [4.78, 5) is 0. The second kappa shape index (κ2) is 6.52. The zero-order valence-corrected chi connectivity index (χ0v) is 11.3. The highest BCUT2D eigenvalue weighted by Crippen LogP contribution is 2.18. The number of benzene rings is 1. The third kappa shape index (κ3) is 4.85. The van der Waals surface area contributed by atoms with Crippen molar-refractivity contribution in [2.75, 3.05) is 0 Å². The molecule has 0 aliphatic heterocycles. The van der Waals surface area contributed by atoms with E-state index in [1.807, 2.05) is 36.4 Å². The first kappa shape index (κ1) is 13.1. The summed E-state index contributed by atoms with van der Waals surface area (Å²) in [6.45, 7) is 0. The molecule has 0 bridgehead atoms. The van der Waals surface area contributed by atoms with E-state index in [-0.39, 0.29) is 0 Å². The fraction of sp³-hybridized carbons (Fsp3) is 0.231. The number of rotatable bonds is 4. The molecule has 0 heterocycles. The van der Waals surface area contributed by atoms with Crippen LogP contribution in [0.5, 0.6) is 0 Å².